The van der Waals surface area contributed by atoms with Gasteiger partial charge in [0, 0.05) is 14.1 Å². The molecule has 6 rings (SSSR count). The van der Waals surface area contributed by atoms with Crippen LogP contribution in [0.3, 0.4) is 0 Å². The fraction of sp³-hybridized carbons (Fsp3) is 0.455. The molecular weight excluding hydrogens is 821 g/mol. The molecule has 0 spiro atoms. The van der Waals surface area contributed by atoms with Gasteiger partial charge in [-0.05, 0) is 35.8 Å². The van der Waals surface area contributed by atoms with Crippen LogP contribution < -0.4 is 41.7 Å². The van der Waals surface area contributed by atoms with E-state index in [1.165, 1.54) is 22.5 Å². The molecule has 0 saturated heterocycles. The molecule has 4 aromatic rings. The molecule has 0 saturated carbocycles. The summed E-state index contributed by atoms with van der Waals surface area (Å²) in [4.78, 5) is 78.8. The van der Waals surface area contributed by atoms with Gasteiger partial charge in [-0.15, -0.1) is 0 Å². The van der Waals surface area contributed by atoms with E-state index >= 15 is 0 Å². The van der Waals surface area contributed by atoms with E-state index in [9.17, 15) is 29.4 Å². The van der Waals surface area contributed by atoms with Gasteiger partial charge < -0.3 is 61.7 Å². The topological polar surface area (TPSA) is 245 Å². The maximum absolute atomic E-state index is 14.2. The quantitative estimate of drug-likeness (QED) is 0.0670. The molecule has 2 aromatic carbocycles. The van der Waals surface area contributed by atoms with Gasteiger partial charge in [0.15, 0.2) is 11.6 Å². The Morgan fingerprint density at radius 1 is 0.625 bits per heavy atom. The number of hydrogen-bond donors (Lipinski definition) is 8. The maximum atomic E-state index is 14.2. The molecule has 0 radical (unpaired) electrons. The lowest BCUT2D eigenvalue weighted by Gasteiger charge is -2.35. The Balaban J connectivity index is 1.17. The minimum atomic E-state index is -1.62. The standard InChI is InChI=1S/C44H60N14O6/c1-27(2)35(53-43(63)55(5)25-57-23-49-33-19-45-21-47-39(33)57)41(61)51-31(17-29-13-9-7-10-14-29)37(59)38(60)32(18-30-15-11-8-12-16-30)52-42(62)36(28(3)4)54-44(64)56(6)26-58-24-50-34-20-46-22-48-40(34)58/h7-16,19-22,27-28,31-32,35-38,49-50,59-60H,17-18,23-26H2,1-6H3,(H,51,61)(H,52,62)(H,53,63)(H,54,64)/t31-,32-,35-,36-,37-,38+/m0/s1. The van der Waals surface area contributed by atoms with E-state index in [4.69, 9.17) is 0 Å². The van der Waals surface area contributed by atoms with Crippen molar-refractivity contribution < 1.29 is 29.4 Å². The summed E-state index contributed by atoms with van der Waals surface area (Å²) in [6.45, 7) is 8.36. The van der Waals surface area contributed by atoms with Crippen LogP contribution in [0, 0.1) is 11.8 Å². The number of fused-ring (bicyclic) bond motifs is 2. The number of carbonyl (C=O) groups excluding carboxylic acids is 4. The Morgan fingerprint density at radius 2 is 1.00 bits per heavy atom. The van der Waals surface area contributed by atoms with Crippen LogP contribution in [0.4, 0.5) is 32.6 Å². The van der Waals surface area contributed by atoms with Gasteiger partial charge in [0.05, 0.1) is 62.5 Å². The predicted octanol–water partition coefficient (Wildman–Crippen LogP) is 1.77. The average molecular weight is 881 g/mol. The van der Waals surface area contributed by atoms with Crippen LogP contribution in [0.5, 0.6) is 0 Å². The molecule has 8 N–H and O–H groups in total. The van der Waals surface area contributed by atoms with E-state index in [1.807, 2.05) is 70.5 Å². The number of carbonyl (C=O) groups is 4. The molecule has 0 aliphatic carbocycles. The van der Waals surface area contributed by atoms with Crippen molar-refractivity contribution in [1.29, 1.82) is 0 Å². The van der Waals surface area contributed by atoms with Crippen molar-refractivity contribution in [3.63, 3.8) is 0 Å². The third kappa shape index (κ3) is 11.8. The summed E-state index contributed by atoms with van der Waals surface area (Å²) in [5, 5.41) is 42.2. The highest BCUT2D eigenvalue weighted by Crippen LogP contribution is 2.28. The van der Waals surface area contributed by atoms with E-state index in [-0.39, 0.29) is 38.0 Å². The molecule has 0 fully saturated rings. The second-order valence-corrected chi connectivity index (χ2v) is 16.9. The highest BCUT2D eigenvalue weighted by atomic mass is 16.3. The summed E-state index contributed by atoms with van der Waals surface area (Å²) >= 11 is 0. The molecule has 0 bridgehead atoms. The summed E-state index contributed by atoms with van der Waals surface area (Å²) < 4.78 is 0. The van der Waals surface area contributed by atoms with Crippen molar-refractivity contribution >= 4 is 46.9 Å². The predicted molar refractivity (Wildman–Crippen MR) is 242 cm³/mol. The number of nitrogens with zero attached hydrogens (tertiary/aromatic N) is 8. The van der Waals surface area contributed by atoms with Crippen LogP contribution in [-0.2, 0) is 22.4 Å². The van der Waals surface area contributed by atoms with Gasteiger partial charge >= 0.3 is 12.1 Å². The Bertz CT molecular complexity index is 2030. The van der Waals surface area contributed by atoms with E-state index in [1.54, 1.807) is 54.2 Å². The van der Waals surface area contributed by atoms with Crippen LogP contribution in [0.1, 0.15) is 38.8 Å². The largest absolute Gasteiger partial charge is 0.388 e. The third-order valence-corrected chi connectivity index (χ3v) is 11.2. The smallest absolute Gasteiger partial charge is 0.319 e. The number of aromatic nitrogens is 4. The molecule has 64 heavy (non-hydrogen) atoms. The molecule has 2 aliphatic heterocycles. The fourth-order valence-corrected chi connectivity index (χ4v) is 7.61. The highest BCUT2D eigenvalue weighted by molar-refractivity contribution is 5.88. The number of rotatable bonds is 19. The number of anilines is 4. The Hall–Kier alpha value is -6.80. The maximum Gasteiger partial charge on any atom is 0.319 e. The van der Waals surface area contributed by atoms with E-state index in [0.29, 0.717) is 25.0 Å². The summed E-state index contributed by atoms with van der Waals surface area (Å²) in [6, 6.07) is 13.2. The molecule has 0 unspecified atom stereocenters. The average Bonchev–Trinajstić information content (AvgIpc) is 3.90. The van der Waals surface area contributed by atoms with Gasteiger partial charge in [0.25, 0.3) is 0 Å². The number of hydrogen-bond acceptors (Lipinski definition) is 14. The second kappa shape index (κ2) is 21.5. The first-order chi connectivity index (χ1) is 30.7. The third-order valence-electron chi connectivity index (χ3n) is 11.2. The lowest BCUT2D eigenvalue weighted by molar-refractivity contribution is -0.129. The van der Waals surface area contributed by atoms with Crippen LogP contribution >= 0.6 is 0 Å². The van der Waals surface area contributed by atoms with Crippen molar-refractivity contribution in [3.8, 4) is 0 Å². The molecule has 6 atom stereocenters. The zero-order valence-electron chi connectivity index (χ0n) is 37.0. The van der Waals surface area contributed by atoms with Gasteiger partial charge in [0.1, 0.15) is 36.9 Å². The van der Waals surface area contributed by atoms with Crippen LogP contribution in [0.25, 0.3) is 0 Å². The molecule has 20 nitrogen and oxygen atoms in total. The summed E-state index contributed by atoms with van der Waals surface area (Å²) in [7, 11) is 3.22. The van der Waals surface area contributed by atoms with Crippen molar-refractivity contribution in [3.05, 3.63) is 96.8 Å². The molecule has 20 heteroatoms. The number of urea groups is 2. The van der Waals surface area contributed by atoms with Crippen molar-refractivity contribution in [2.24, 2.45) is 11.8 Å². The van der Waals surface area contributed by atoms with E-state index in [0.717, 1.165) is 22.5 Å². The zero-order valence-corrected chi connectivity index (χ0v) is 37.0. The van der Waals surface area contributed by atoms with Gasteiger partial charge in [-0.25, -0.2) is 29.5 Å². The highest BCUT2D eigenvalue weighted by Gasteiger charge is 2.38. The van der Waals surface area contributed by atoms with E-state index < -0.39 is 60.3 Å². The van der Waals surface area contributed by atoms with Crippen molar-refractivity contribution in [1.82, 2.24) is 51.0 Å². The summed E-state index contributed by atoms with van der Waals surface area (Å²) in [5.41, 5.74) is 3.03. The van der Waals surface area contributed by atoms with Crippen molar-refractivity contribution in [2.75, 3.05) is 61.2 Å². The first-order valence-electron chi connectivity index (χ1n) is 21.4. The van der Waals surface area contributed by atoms with Gasteiger partial charge in [-0.1, -0.05) is 88.4 Å². The zero-order chi connectivity index (χ0) is 45.9. The molecule has 2 aliphatic rings. The Kier molecular flexibility index (Phi) is 15.7. The number of benzene rings is 2. The molecule has 342 valence electrons. The minimum Gasteiger partial charge on any atom is -0.388 e. The number of amides is 6. The van der Waals surface area contributed by atoms with Gasteiger partial charge in [0.2, 0.25) is 11.8 Å². The van der Waals surface area contributed by atoms with Crippen LogP contribution in [0.2, 0.25) is 0 Å². The second-order valence-electron chi connectivity index (χ2n) is 16.9. The number of aliphatic hydroxyl groups excluding tert-OH is 2. The monoisotopic (exact) mass is 880 g/mol. The lowest BCUT2D eigenvalue weighted by Crippen LogP contribution is -2.62. The number of nitrogens with one attached hydrogen (secondary N) is 6. The van der Waals surface area contributed by atoms with Gasteiger partial charge in [-0.2, -0.15) is 0 Å². The SMILES string of the molecule is CC(C)[C@H](NC(=O)N(C)CN1CNc2cncnc21)C(=O)N[C@@H](Cc1ccccc1)[C@H](O)[C@H](O)[C@H](Cc1ccccc1)NC(=O)[C@@H](NC(=O)N(C)CN1CNc2cncnc21)C(C)C. The minimum absolute atomic E-state index is 0.110. The fourth-order valence-electron chi connectivity index (χ4n) is 7.61. The Labute approximate surface area is 373 Å². The van der Waals surface area contributed by atoms with Crippen LogP contribution in [0.15, 0.2) is 85.7 Å². The Morgan fingerprint density at radius 3 is 1.36 bits per heavy atom. The molecule has 4 heterocycles. The molecular formula is C44H60N14O6. The first kappa shape index (κ1) is 46.7. The van der Waals surface area contributed by atoms with Crippen LogP contribution in [-0.4, -0.2) is 141 Å². The number of aliphatic hydroxyl groups is 2. The van der Waals surface area contributed by atoms with Crippen molar-refractivity contribution in [2.45, 2.75) is 76.9 Å². The summed E-state index contributed by atoms with van der Waals surface area (Å²) in [6.07, 6.45) is 3.16. The molecule has 6 amide bonds. The first-order valence-corrected chi connectivity index (χ1v) is 21.4. The normalized spacial score (nSPS) is 15.7. The van der Waals surface area contributed by atoms with E-state index in [2.05, 4.69) is 51.8 Å². The van der Waals surface area contributed by atoms with Gasteiger partial charge in [-0.3, -0.25) is 9.59 Å². The lowest BCUT2D eigenvalue weighted by atomic mass is 9.90. The summed E-state index contributed by atoms with van der Waals surface area (Å²) in [5.74, 6) is -0.582. The molecule has 2 aromatic heterocycles.